The first-order valence-electron chi connectivity index (χ1n) is 3.48. The smallest absolute Gasteiger partial charge is 0.273 e. The van der Waals surface area contributed by atoms with Gasteiger partial charge in [-0.25, -0.2) is 10.9 Å². The number of rotatable bonds is 3. The van der Waals surface area contributed by atoms with Crippen LogP contribution >= 0.6 is 11.3 Å². The highest BCUT2D eigenvalue weighted by atomic mass is 32.1. The number of aromatic nitrogens is 1. The van der Waals surface area contributed by atoms with Gasteiger partial charge in [-0.15, -0.1) is 0 Å². The molecule has 0 bridgehead atoms. The van der Waals surface area contributed by atoms with E-state index in [0.29, 0.717) is 5.19 Å². The van der Waals surface area contributed by atoms with E-state index in [0.717, 1.165) is 4.88 Å². The van der Waals surface area contributed by atoms with Gasteiger partial charge in [-0.1, -0.05) is 11.3 Å². The van der Waals surface area contributed by atoms with Crippen molar-refractivity contribution in [3.05, 3.63) is 11.1 Å². The van der Waals surface area contributed by atoms with Gasteiger partial charge in [0, 0.05) is 6.20 Å². The van der Waals surface area contributed by atoms with Crippen LogP contribution in [0.2, 0.25) is 0 Å². The molecule has 0 aliphatic rings. The van der Waals surface area contributed by atoms with Crippen LogP contribution < -0.4 is 10.6 Å². The van der Waals surface area contributed by atoms with Gasteiger partial charge in [0.25, 0.3) is 5.19 Å². The van der Waals surface area contributed by atoms with Gasteiger partial charge in [0.05, 0.1) is 12.0 Å². The molecule has 68 valence electrons. The second-order valence-corrected chi connectivity index (χ2v) is 3.82. The lowest BCUT2D eigenvalue weighted by Gasteiger charge is -2.18. The summed E-state index contributed by atoms with van der Waals surface area (Å²) < 4.78 is 4.95. The first-order chi connectivity index (χ1) is 5.60. The molecule has 4 nitrogen and oxygen atoms in total. The lowest BCUT2D eigenvalue weighted by molar-refractivity contribution is -0.0209. The molecule has 1 aromatic heterocycles. The van der Waals surface area contributed by atoms with Crippen LogP contribution in [0.5, 0.6) is 5.19 Å². The Bertz CT molecular complexity index is 260. The number of nitrogens with two attached hydrogens (primary N) is 1. The van der Waals surface area contributed by atoms with Crippen molar-refractivity contribution in [3.8, 4) is 5.19 Å². The molecular formula is C7H12N2O2S. The van der Waals surface area contributed by atoms with E-state index in [4.69, 9.17) is 15.5 Å². The van der Waals surface area contributed by atoms with Gasteiger partial charge < -0.3 is 4.74 Å². The van der Waals surface area contributed by atoms with Crippen molar-refractivity contribution >= 4 is 11.3 Å². The SMILES string of the molecule is COc1ncc(C(C)(C)ON)s1. The molecule has 0 amide bonds. The molecule has 0 saturated heterocycles. The molecule has 12 heavy (non-hydrogen) atoms. The van der Waals surface area contributed by atoms with Crippen molar-refractivity contribution in [3.63, 3.8) is 0 Å². The standard InChI is InChI=1S/C7H12N2O2S/c1-7(2,11-8)5-4-9-6(10-3)12-5/h4H,8H2,1-3H3. The highest BCUT2D eigenvalue weighted by molar-refractivity contribution is 7.13. The van der Waals surface area contributed by atoms with Crippen LogP contribution in [-0.4, -0.2) is 12.1 Å². The van der Waals surface area contributed by atoms with Crippen LogP contribution in [0.3, 0.4) is 0 Å². The van der Waals surface area contributed by atoms with Crippen molar-refractivity contribution in [2.75, 3.05) is 7.11 Å². The average Bonchev–Trinajstić information content (AvgIpc) is 2.52. The summed E-state index contributed by atoms with van der Waals surface area (Å²) in [5.74, 6) is 5.13. The van der Waals surface area contributed by atoms with E-state index in [9.17, 15) is 0 Å². The third-order valence-electron chi connectivity index (χ3n) is 1.55. The Morgan fingerprint density at radius 3 is 2.67 bits per heavy atom. The Hall–Kier alpha value is -0.650. The Balaban J connectivity index is 2.88. The first kappa shape index (κ1) is 9.44. The van der Waals surface area contributed by atoms with Crippen LogP contribution in [0.1, 0.15) is 18.7 Å². The maximum Gasteiger partial charge on any atom is 0.273 e. The fraction of sp³-hybridized carbons (Fsp3) is 0.571. The largest absolute Gasteiger partial charge is 0.473 e. The normalized spacial score (nSPS) is 11.7. The van der Waals surface area contributed by atoms with Crippen molar-refractivity contribution in [2.45, 2.75) is 19.4 Å². The monoisotopic (exact) mass is 188 g/mol. The Kier molecular flexibility index (Phi) is 2.66. The maximum absolute atomic E-state index is 5.13. The quantitative estimate of drug-likeness (QED) is 0.726. The molecule has 0 radical (unpaired) electrons. The van der Waals surface area contributed by atoms with E-state index in [1.807, 2.05) is 13.8 Å². The Morgan fingerprint density at radius 1 is 1.58 bits per heavy atom. The zero-order valence-corrected chi connectivity index (χ0v) is 8.14. The van der Waals surface area contributed by atoms with Crippen LogP contribution in [-0.2, 0) is 10.4 Å². The molecule has 0 aromatic carbocycles. The van der Waals surface area contributed by atoms with Gasteiger partial charge in [0.1, 0.15) is 5.60 Å². The summed E-state index contributed by atoms with van der Waals surface area (Å²) in [7, 11) is 1.58. The summed E-state index contributed by atoms with van der Waals surface area (Å²) in [5.41, 5.74) is -0.492. The van der Waals surface area contributed by atoms with E-state index < -0.39 is 5.60 Å². The molecule has 1 heterocycles. The van der Waals surface area contributed by atoms with Crippen molar-refractivity contribution < 1.29 is 9.57 Å². The van der Waals surface area contributed by atoms with E-state index in [-0.39, 0.29) is 0 Å². The number of ether oxygens (including phenoxy) is 1. The Labute approximate surface area is 75.3 Å². The number of hydrogen-bond acceptors (Lipinski definition) is 5. The summed E-state index contributed by atoms with van der Waals surface area (Å²) in [6.07, 6.45) is 1.70. The second kappa shape index (κ2) is 3.38. The van der Waals surface area contributed by atoms with Gasteiger partial charge >= 0.3 is 0 Å². The average molecular weight is 188 g/mol. The van der Waals surface area contributed by atoms with Crippen LogP contribution in [0, 0.1) is 0 Å². The van der Waals surface area contributed by atoms with Crippen molar-refractivity contribution in [2.24, 2.45) is 5.90 Å². The summed E-state index contributed by atoms with van der Waals surface area (Å²) in [6.45, 7) is 3.75. The molecule has 5 heteroatoms. The number of hydrogen-bond donors (Lipinski definition) is 1. The van der Waals surface area contributed by atoms with Gasteiger partial charge in [-0.05, 0) is 13.8 Å². The molecule has 1 aromatic rings. The fourth-order valence-electron chi connectivity index (χ4n) is 0.689. The van der Waals surface area contributed by atoms with E-state index in [1.165, 1.54) is 11.3 Å². The minimum Gasteiger partial charge on any atom is -0.473 e. The fourth-order valence-corrected chi connectivity index (χ4v) is 1.47. The topological polar surface area (TPSA) is 57.4 Å². The molecule has 1 rings (SSSR count). The predicted molar refractivity (Wildman–Crippen MR) is 47.0 cm³/mol. The molecule has 2 N–H and O–H groups in total. The summed E-state index contributed by atoms with van der Waals surface area (Å²) in [4.78, 5) is 9.75. The minimum absolute atomic E-state index is 0.492. The maximum atomic E-state index is 5.13. The molecule has 0 saturated carbocycles. The lowest BCUT2D eigenvalue weighted by Crippen LogP contribution is -2.23. The number of thiazole rings is 1. The van der Waals surface area contributed by atoms with E-state index in [2.05, 4.69) is 4.98 Å². The van der Waals surface area contributed by atoms with Crippen molar-refractivity contribution in [1.82, 2.24) is 4.98 Å². The van der Waals surface area contributed by atoms with Gasteiger partial charge in [0.15, 0.2) is 0 Å². The zero-order chi connectivity index (χ0) is 9.19. The predicted octanol–water partition coefficient (Wildman–Crippen LogP) is 1.28. The molecular weight excluding hydrogens is 176 g/mol. The summed E-state index contributed by atoms with van der Waals surface area (Å²) in [6, 6.07) is 0. The molecule has 0 unspecified atom stereocenters. The number of nitrogens with zero attached hydrogens (tertiary/aromatic N) is 1. The van der Waals surface area contributed by atoms with Crippen LogP contribution in [0.4, 0.5) is 0 Å². The summed E-state index contributed by atoms with van der Waals surface area (Å²) in [5, 5.41) is 0.620. The molecule has 0 aliphatic carbocycles. The zero-order valence-electron chi connectivity index (χ0n) is 7.33. The Morgan fingerprint density at radius 2 is 2.25 bits per heavy atom. The minimum atomic E-state index is -0.492. The lowest BCUT2D eigenvalue weighted by atomic mass is 10.1. The molecule has 0 aliphatic heterocycles. The van der Waals surface area contributed by atoms with Gasteiger partial charge in [-0.3, -0.25) is 4.84 Å². The first-order valence-corrected chi connectivity index (χ1v) is 4.30. The van der Waals surface area contributed by atoms with Gasteiger partial charge in [0.2, 0.25) is 0 Å². The van der Waals surface area contributed by atoms with Gasteiger partial charge in [-0.2, -0.15) is 0 Å². The van der Waals surface area contributed by atoms with E-state index in [1.54, 1.807) is 13.3 Å². The van der Waals surface area contributed by atoms with Crippen LogP contribution in [0.25, 0.3) is 0 Å². The molecule has 0 fully saturated rings. The summed E-state index contributed by atoms with van der Waals surface area (Å²) >= 11 is 1.43. The van der Waals surface area contributed by atoms with E-state index >= 15 is 0 Å². The van der Waals surface area contributed by atoms with Crippen LogP contribution in [0.15, 0.2) is 6.20 Å². The van der Waals surface area contributed by atoms with Crippen molar-refractivity contribution in [1.29, 1.82) is 0 Å². The third-order valence-corrected chi connectivity index (χ3v) is 2.81. The number of methoxy groups -OCH3 is 1. The molecule has 0 atom stereocenters. The molecule has 0 spiro atoms. The highest BCUT2D eigenvalue weighted by Gasteiger charge is 2.23. The second-order valence-electron chi connectivity index (χ2n) is 2.82. The highest BCUT2D eigenvalue weighted by Crippen LogP contribution is 2.31. The third kappa shape index (κ3) is 1.74.